The van der Waals surface area contributed by atoms with E-state index in [-0.39, 0.29) is 17.3 Å². The molecule has 1 aliphatic rings. The molecule has 0 bridgehead atoms. The third-order valence-electron chi connectivity index (χ3n) is 4.39. The van der Waals surface area contributed by atoms with Gasteiger partial charge < -0.3 is 9.88 Å². The molecule has 2 aromatic rings. The molecule has 0 amide bonds. The lowest BCUT2D eigenvalue weighted by molar-refractivity contribution is 0.491. The monoisotopic (exact) mass is 305 g/mol. The average Bonchev–Trinajstić information content (AvgIpc) is 3.06. The van der Waals surface area contributed by atoms with Crippen LogP contribution in [0.3, 0.4) is 0 Å². The molecule has 0 aromatic carbocycles. The Hall–Kier alpha value is -1.89. The minimum absolute atomic E-state index is 0.0703. The average molecular weight is 305 g/mol. The van der Waals surface area contributed by atoms with Gasteiger partial charge in [-0.05, 0) is 18.9 Å². The van der Waals surface area contributed by atoms with Crippen LogP contribution in [0.4, 0.5) is 0 Å². The number of aromatic nitrogens is 4. The van der Waals surface area contributed by atoms with Crippen molar-refractivity contribution in [2.24, 2.45) is 20.0 Å². The number of aryl methyl sites for hydroxylation is 2. The second-order valence-corrected chi connectivity index (χ2v) is 6.52. The summed E-state index contributed by atoms with van der Waals surface area (Å²) in [7, 11) is 3.55. The molecule has 1 unspecified atom stereocenters. The van der Waals surface area contributed by atoms with E-state index in [1.54, 1.807) is 7.05 Å². The first kappa shape index (κ1) is 15.0. The number of rotatable bonds is 3. The quantitative estimate of drug-likeness (QED) is 0.877. The van der Waals surface area contributed by atoms with Gasteiger partial charge in [-0.15, -0.1) is 0 Å². The standard InChI is InChI=1S/C15H23N5O2/c1-9(2)7-11-17-13-12(18(11)3)14(21)20(15(22)19(13)4)10-5-6-16-8-10/h9-10,16H,5-8H2,1-4H3. The van der Waals surface area contributed by atoms with E-state index < -0.39 is 0 Å². The highest BCUT2D eigenvalue weighted by Gasteiger charge is 2.25. The van der Waals surface area contributed by atoms with Crippen molar-refractivity contribution >= 4 is 11.2 Å². The van der Waals surface area contributed by atoms with E-state index in [4.69, 9.17) is 0 Å². The summed E-state index contributed by atoms with van der Waals surface area (Å²) in [6, 6.07) is -0.0703. The van der Waals surface area contributed by atoms with Crippen molar-refractivity contribution in [3.63, 3.8) is 0 Å². The van der Waals surface area contributed by atoms with Gasteiger partial charge in [-0.3, -0.25) is 13.9 Å². The molecule has 1 atom stereocenters. The molecule has 22 heavy (non-hydrogen) atoms. The molecule has 3 rings (SSSR count). The summed E-state index contributed by atoms with van der Waals surface area (Å²) in [4.78, 5) is 30.0. The lowest BCUT2D eigenvalue weighted by Gasteiger charge is -2.13. The van der Waals surface area contributed by atoms with Crippen LogP contribution < -0.4 is 16.6 Å². The third kappa shape index (κ3) is 2.20. The predicted molar refractivity (Wildman–Crippen MR) is 85.3 cm³/mol. The van der Waals surface area contributed by atoms with Crippen LogP contribution in [0, 0.1) is 5.92 Å². The molecule has 7 nitrogen and oxygen atoms in total. The third-order valence-corrected chi connectivity index (χ3v) is 4.39. The van der Waals surface area contributed by atoms with Crippen LogP contribution in [0.15, 0.2) is 9.59 Å². The fourth-order valence-corrected chi connectivity index (χ4v) is 3.18. The smallest absolute Gasteiger partial charge is 0.325 e. The Bertz CT molecular complexity index is 821. The fraction of sp³-hybridized carbons (Fsp3) is 0.667. The summed E-state index contributed by atoms with van der Waals surface area (Å²) in [6.45, 7) is 5.72. The number of imidazole rings is 1. The van der Waals surface area contributed by atoms with Gasteiger partial charge in [0.1, 0.15) is 5.82 Å². The van der Waals surface area contributed by atoms with Gasteiger partial charge in [0.25, 0.3) is 5.56 Å². The maximum atomic E-state index is 12.9. The van der Waals surface area contributed by atoms with Gasteiger partial charge >= 0.3 is 5.69 Å². The van der Waals surface area contributed by atoms with Crippen molar-refractivity contribution in [2.75, 3.05) is 13.1 Å². The van der Waals surface area contributed by atoms with Crippen molar-refractivity contribution in [1.82, 2.24) is 24.0 Å². The van der Waals surface area contributed by atoms with E-state index in [0.717, 1.165) is 25.2 Å². The maximum Gasteiger partial charge on any atom is 0.332 e. The van der Waals surface area contributed by atoms with Gasteiger partial charge in [-0.2, -0.15) is 0 Å². The van der Waals surface area contributed by atoms with Crippen molar-refractivity contribution in [3.8, 4) is 0 Å². The lowest BCUT2D eigenvalue weighted by atomic mass is 10.1. The summed E-state index contributed by atoms with van der Waals surface area (Å²) < 4.78 is 4.73. The van der Waals surface area contributed by atoms with E-state index in [1.165, 1.54) is 9.13 Å². The van der Waals surface area contributed by atoms with Crippen molar-refractivity contribution in [3.05, 3.63) is 26.7 Å². The van der Waals surface area contributed by atoms with E-state index >= 15 is 0 Å². The normalized spacial score (nSPS) is 18.7. The molecule has 0 aliphatic carbocycles. The van der Waals surface area contributed by atoms with Crippen LogP contribution in [-0.4, -0.2) is 31.8 Å². The van der Waals surface area contributed by atoms with Crippen LogP contribution >= 0.6 is 0 Å². The van der Waals surface area contributed by atoms with Gasteiger partial charge in [0.05, 0.1) is 6.04 Å². The molecule has 1 aliphatic heterocycles. The van der Waals surface area contributed by atoms with Crippen molar-refractivity contribution < 1.29 is 0 Å². The zero-order chi connectivity index (χ0) is 16.0. The number of nitrogens with one attached hydrogen (secondary N) is 1. The molecule has 1 N–H and O–H groups in total. The molecular weight excluding hydrogens is 282 g/mol. The molecule has 1 saturated heterocycles. The Labute approximate surface area is 128 Å². The Morgan fingerprint density at radius 2 is 2.00 bits per heavy atom. The van der Waals surface area contributed by atoms with E-state index in [1.807, 2.05) is 11.6 Å². The van der Waals surface area contributed by atoms with Gasteiger partial charge in [-0.1, -0.05) is 13.8 Å². The molecule has 3 heterocycles. The minimum atomic E-state index is -0.277. The lowest BCUT2D eigenvalue weighted by Crippen LogP contribution is -2.42. The molecule has 7 heteroatoms. The predicted octanol–water partition coefficient (Wildman–Crippen LogP) is 0.167. The number of nitrogens with zero attached hydrogens (tertiary/aromatic N) is 4. The summed E-state index contributed by atoms with van der Waals surface area (Å²) >= 11 is 0. The molecule has 120 valence electrons. The van der Waals surface area contributed by atoms with Crippen molar-refractivity contribution in [2.45, 2.75) is 32.7 Å². The summed E-state index contributed by atoms with van der Waals surface area (Å²) in [6.07, 6.45) is 1.58. The zero-order valence-electron chi connectivity index (χ0n) is 13.6. The summed E-state index contributed by atoms with van der Waals surface area (Å²) in [5.74, 6) is 1.29. The van der Waals surface area contributed by atoms with E-state index in [9.17, 15) is 9.59 Å². The summed E-state index contributed by atoms with van der Waals surface area (Å²) in [5.41, 5.74) is 0.497. The van der Waals surface area contributed by atoms with Gasteiger partial charge in [-0.25, -0.2) is 9.78 Å². The Morgan fingerprint density at radius 1 is 1.27 bits per heavy atom. The zero-order valence-corrected chi connectivity index (χ0v) is 13.6. The topological polar surface area (TPSA) is 73.8 Å². The molecule has 2 aromatic heterocycles. The van der Waals surface area contributed by atoms with Crippen LogP contribution in [0.1, 0.15) is 32.1 Å². The minimum Gasteiger partial charge on any atom is -0.325 e. The SMILES string of the molecule is CC(C)Cc1nc2c(c(=O)n(C3CCNC3)c(=O)n2C)n1C. The Kier molecular flexibility index (Phi) is 3.68. The van der Waals surface area contributed by atoms with Crippen LogP contribution in [0.5, 0.6) is 0 Å². The maximum absolute atomic E-state index is 12.9. The van der Waals surface area contributed by atoms with Crippen molar-refractivity contribution in [1.29, 1.82) is 0 Å². The van der Waals surface area contributed by atoms with Crippen LogP contribution in [-0.2, 0) is 20.5 Å². The van der Waals surface area contributed by atoms with Gasteiger partial charge in [0.2, 0.25) is 0 Å². The first-order valence-electron chi connectivity index (χ1n) is 7.79. The number of hydrogen-bond donors (Lipinski definition) is 1. The van der Waals surface area contributed by atoms with Gasteiger partial charge in [0, 0.05) is 27.1 Å². The Morgan fingerprint density at radius 3 is 2.59 bits per heavy atom. The molecule has 0 radical (unpaired) electrons. The largest absolute Gasteiger partial charge is 0.332 e. The van der Waals surface area contributed by atoms with E-state index in [0.29, 0.717) is 23.6 Å². The van der Waals surface area contributed by atoms with Crippen LogP contribution in [0.2, 0.25) is 0 Å². The van der Waals surface area contributed by atoms with Gasteiger partial charge in [0.15, 0.2) is 11.2 Å². The number of fused-ring (bicyclic) bond motifs is 1. The first-order chi connectivity index (χ1) is 10.4. The Balaban J connectivity index is 2.30. The van der Waals surface area contributed by atoms with Crippen LogP contribution in [0.25, 0.3) is 11.2 Å². The highest BCUT2D eigenvalue weighted by atomic mass is 16.2. The highest BCUT2D eigenvalue weighted by Crippen LogP contribution is 2.15. The fourth-order valence-electron chi connectivity index (χ4n) is 3.18. The molecular formula is C15H23N5O2. The second kappa shape index (κ2) is 5.39. The number of hydrogen-bond acceptors (Lipinski definition) is 4. The molecule has 1 fully saturated rings. The molecule has 0 spiro atoms. The first-order valence-corrected chi connectivity index (χ1v) is 7.79. The van der Waals surface area contributed by atoms with E-state index in [2.05, 4.69) is 24.1 Å². The second-order valence-electron chi connectivity index (χ2n) is 6.52. The molecule has 0 saturated carbocycles. The summed E-state index contributed by atoms with van der Waals surface area (Å²) in [5, 5.41) is 3.21. The highest BCUT2D eigenvalue weighted by molar-refractivity contribution is 5.71.